The van der Waals surface area contributed by atoms with E-state index in [0.29, 0.717) is 12.1 Å². The molecule has 0 bridgehead atoms. The first-order chi connectivity index (χ1) is 7.99. The number of carboxylic acids is 1. The lowest BCUT2D eigenvalue weighted by Gasteiger charge is -2.10. The minimum absolute atomic E-state index is 0.0637. The van der Waals surface area contributed by atoms with Crippen molar-refractivity contribution in [2.45, 2.75) is 20.3 Å². The van der Waals surface area contributed by atoms with Gasteiger partial charge in [0.25, 0.3) is 5.91 Å². The van der Waals surface area contributed by atoms with Gasteiger partial charge in [0.15, 0.2) is 0 Å². The van der Waals surface area contributed by atoms with Crippen molar-refractivity contribution in [1.29, 1.82) is 0 Å². The Bertz CT molecular complexity index is 398. The van der Waals surface area contributed by atoms with Gasteiger partial charge in [0, 0.05) is 18.5 Å². The molecule has 0 aliphatic heterocycles. The summed E-state index contributed by atoms with van der Waals surface area (Å²) in [6.07, 6.45) is 0.0637. The van der Waals surface area contributed by atoms with Gasteiger partial charge in [-0.25, -0.2) is 0 Å². The number of aryl methyl sites for hydroxylation is 1. The summed E-state index contributed by atoms with van der Waals surface area (Å²) < 4.78 is 0. The number of nitrogens with one attached hydrogen (secondary N) is 1. The van der Waals surface area contributed by atoms with Gasteiger partial charge in [0.2, 0.25) is 0 Å². The highest BCUT2D eigenvalue weighted by atomic mass is 16.4. The molecule has 92 valence electrons. The zero-order valence-electron chi connectivity index (χ0n) is 10.1. The summed E-state index contributed by atoms with van der Waals surface area (Å²) >= 11 is 0. The molecule has 4 nitrogen and oxygen atoms in total. The van der Waals surface area contributed by atoms with Crippen LogP contribution in [0, 0.1) is 12.8 Å². The minimum atomic E-state index is -0.845. The predicted octanol–water partition coefficient (Wildman–Crippen LogP) is 1.84. The Kier molecular flexibility index (Phi) is 4.69. The monoisotopic (exact) mass is 235 g/mol. The van der Waals surface area contributed by atoms with Crippen LogP contribution < -0.4 is 5.32 Å². The van der Waals surface area contributed by atoms with Gasteiger partial charge in [-0.05, 0) is 25.0 Å². The van der Waals surface area contributed by atoms with E-state index < -0.39 is 5.97 Å². The Labute approximate surface area is 101 Å². The van der Waals surface area contributed by atoms with Gasteiger partial charge in [-0.1, -0.05) is 24.6 Å². The van der Waals surface area contributed by atoms with E-state index >= 15 is 0 Å². The van der Waals surface area contributed by atoms with Gasteiger partial charge >= 0.3 is 5.97 Å². The molecule has 1 aromatic carbocycles. The fraction of sp³-hybridized carbons (Fsp3) is 0.385. The molecule has 0 radical (unpaired) electrons. The second-order valence-corrected chi connectivity index (χ2v) is 4.28. The maximum atomic E-state index is 11.7. The van der Waals surface area contributed by atoms with Crippen LogP contribution >= 0.6 is 0 Å². The largest absolute Gasteiger partial charge is 0.481 e. The van der Waals surface area contributed by atoms with Crippen LogP contribution in [-0.2, 0) is 4.79 Å². The Morgan fingerprint density at radius 3 is 2.41 bits per heavy atom. The molecule has 0 saturated heterocycles. The fourth-order valence-electron chi connectivity index (χ4n) is 1.44. The minimum Gasteiger partial charge on any atom is -0.481 e. The number of rotatable bonds is 5. The van der Waals surface area contributed by atoms with Gasteiger partial charge in [-0.2, -0.15) is 0 Å². The van der Waals surface area contributed by atoms with Crippen LogP contribution in [0.5, 0.6) is 0 Å². The van der Waals surface area contributed by atoms with Crippen molar-refractivity contribution >= 4 is 11.9 Å². The molecule has 0 aliphatic carbocycles. The molecule has 0 spiro atoms. The second-order valence-electron chi connectivity index (χ2n) is 4.28. The summed E-state index contributed by atoms with van der Waals surface area (Å²) in [7, 11) is 0. The number of benzene rings is 1. The average Bonchev–Trinajstić information content (AvgIpc) is 2.26. The molecule has 0 fully saturated rings. The van der Waals surface area contributed by atoms with Crippen molar-refractivity contribution in [3.8, 4) is 0 Å². The molecule has 0 saturated carbocycles. The van der Waals surface area contributed by atoms with E-state index in [1.807, 2.05) is 19.1 Å². The van der Waals surface area contributed by atoms with Crippen LogP contribution in [0.2, 0.25) is 0 Å². The molecule has 1 rings (SSSR count). The topological polar surface area (TPSA) is 66.4 Å². The van der Waals surface area contributed by atoms with Crippen LogP contribution in [0.4, 0.5) is 0 Å². The average molecular weight is 235 g/mol. The third-order valence-corrected chi connectivity index (χ3v) is 2.45. The predicted molar refractivity (Wildman–Crippen MR) is 64.9 cm³/mol. The SMILES string of the molecule is Cc1ccc(C(=O)NCC(C)CC(=O)O)cc1. The third kappa shape index (κ3) is 4.68. The molecule has 1 atom stereocenters. The highest BCUT2D eigenvalue weighted by Crippen LogP contribution is 2.04. The van der Waals surface area contributed by atoms with Crippen LogP contribution in [0.15, 0.2) is 24.3 Å². The van der Waals surface area contributed by atoms with Crippen LogP contribution in [0.1, 0.15) is 29.3 Å². The van der Waals surface area contributed by atoms with Crippen molar-refractivity contribution in [3.63, 3.8) is 0 Å². The molecule has 4 heteroatoms. The van der Waals surface area contributed by atoms with E-state index in [9.17, 15) is 9.59 Å². The molecule has 1 unspecified atom stereocenters. The molecule has 0 aliphatic rings. The number of aliphatic carboxylic acids is 1. The maximum Gasteiger partial charge on any atom is 0.303 e. The summed E-state index contributed by atoms with van der Waals surface area (Å²) in [4.78, 5) is 22.1. The smallest absolute Gasteiger partial charge is 0.303 e. The van der Waals surface area contributed by atoms with E-state index in [0.717, 1.165) is 5.56 Å². The summed E-state index contributed by atoms with van der Waals surface area (Å²) in [5.74, 6) is -1.08. The van der Waals surface area contributed by atoms with Gasteiger partial charge in [0.1, 0.15) is 0 Å². The zero-order chi connectivity index (χ0) is 12.8. The standard InChI is InChI=1S/C13H17NO3/c1-9-3-5-11(6-4-9)13(17)14-8-10(2)7-12(15)16/h3-6,10H,7-8H2,1-2H3,(H,14,17)(H,15,16). The van der Waals surface area contributed by atoms with E-state index in [1.54, 1.807) is 19.1 Å². The van der Waals surface area contributed by atoms with Gasteiger partial charge < -0.3 is 10.4 Å². The van der Waals surface area contributed by atoms with Crippen LogP contribution in [0.25, 0.3) is 0 Å². The lowest BCUT2D eigenvalue weighted by Crippen LogP contribution is -2.29. The van der Waals surface area contributed by atoms with Gasteiger partial charge in [0.05, 0.1) is 0 Å². The van der Waals surface area contributed by atoms with Crippen molar-refractivity contribution in [2.75, 3.05) is 6.54 Å². The quantitative estimate of drug-likeness (QED) is 0.818. The maximum absolute atomic E-state index is 11.7. The summed E-state index contributed by atoms with van der Waals surface area (Å²) in [6.45, 7) is 4.12. The number of hydrogen-bond donors (Lipinski definition) is 2. The number of carboxylic acid groups (broad SMARTS) is 1. The Hall–Kier alpha value is -1.84. The Morgan fingerprint density at radius 1 is 1.29 bits per heavy atom. The third-order valence-electron chi connectivity index (χ3n) is 2.45. The Balaban J connectivity index is 2.44. The lowest BCUT2D eigenvalue weighted by molar-refractivity contribution is -0.137. The molecular formula is C13H17NO3. The van der Waals surface area contributed by atoms with Crippen LogP contribution in [-0.4, -0.2) is 23.5 Å². The van der Waals surface area contributed by atoms with E-state index in [1.165, 1.54) is 0 Å². The number of amides is 1. The molecule has 1 aromatic rings. The van der Waals surface area contributed by atoms with Crippen LogP contribution in [0.3, 0.4) is 0 Å². The van der Waals surface area contributed by atoms with Crippen molar-refractivity contribution < 1.29 is 14.7 Å². The number of carbonyl (C=O) groups excluding carboxylic acids is 1. The highest BCUT2D eigenvalue weighted by molar-refractivity contribution is 5.94. The molecule has 0 heterocycles. The highest BCUT2D eigenvalue weighted by Gasteiger charge is 2.10. The summed E-state index contributed by atoms with van der Waals surface area (Å²) in [5.41, 5.74) is 1.69. The molecular weight excluding hydrogens is 218 g/mol. The lowest BCUT2D eigenvalue weighted by atomic mass is 10.1. The molecule has 1 amide bonds. The van der Waals surface area contributed by atoms with Gasteiger partial charge in [-0.3, -0.25) is 9.59 Å². The summed E-state index contributed by atoms with van der Waals surface area (Å²) in [5, 5.41) is 11.3. The van der Waals surface area contributed by atoms with Crippen molar-refractivity contribution in [3.05, 3.63) is 35.4 Å². The van der Waals surface area contributed by atoms with E-state index in [-0.39, 0.29) is 18.2 Å². The van der Waals surface area contributed by atoms with E-state index in [2.05, 4.69) is 5.32 Å². The summed E-state index contributed by atoms with van der Waals surface area (Å²) in [6, 6.07) is 7.25. The molecule has 2 N–H and O–H groups in total. The normalized spacial score (nSPS) is 11.9. The fourth-order valence-corrected chi connectivity index (χ4v) is 1.44. The first kappa shape index (κ1) is 13.2. The van der Waals surface area contributed by atoms with E-state index in [4.69, 9.17) is 5.11 Å². The molecule has 0 aromatic heterocycles. The number of carbonyl (C=O) groups is 2. The van der Waals surface area contributed by atoms with Gasteiger partial charge in [-0.15, -0.1) is 0 Å². The second kappa shape index (κ2) is 6.03. The van der Waals surface area contributed by atoms with Crippen molar-refractivity contribution in [1.82, 2.24) is 5.32 Å². The first-order valence-electron chi connectivity index (χ1n) is 5.55. The Morgan fingerprint density at radius 2 is 1.88 bits per heavy atom. The number of hydrogen-bond acceptors (Lipinski definition) is 2. The molecule has 17 heavy (non-hydrogen) atoms. The first-order valence-corrected chi connectivity index (χ1v) is 5.55. The zero-order valence-corrected chi connectivity index (χ0v) is 10.1. The van der Waals surface area contributed by atoms with Crippen molar-refractivity contribution in [2.24, 2.45) is 5.92 Å².